The molecule has 1 aliphatic rings. The van der Waals surface area contributed by atoms with Crippen LogP contribution >= 0.6 is 0 Å². The van der Waals surface area contributed by atoms with Gasteiger partial charge in [0.05, 0.1) is 11.4 Å². The standard InChI is InChI=1S/C20H22N6O/c1-25(2)17-11-8-14(12-21-17)13-22-20(27)18-19(15-9-10-15)26(24-23-18)16-6-4-3-5-7-16/h3-8,11-12,15H,9-10,13H2,1-2H3,(H,22,27). The minimum atomic E-state index is -0.198. The van der Waals surface area contributed by atoms with Crippen LogP contribution in [0.4, 0.5) is 5.82 Å². The number of nitrogens with one attached hydrogen (secondary N) is 1. The molecule has 7 heteroatoms. The highest BCUT2D eigenvalue weighted by atomic mass is 16.2. The van der Waals surface area contributed by atoms with Gasteiger partial charge in [-0.1, -0.05) is 29.5 Å². The van der Waals surface area contributed by atoms with Gasteiger partial charge in [0.15, 0.2) is 5.69 Å². The van der Waals surface area contributed by atoms with Crippen LogP contribution in [0.25, 0.3) is 5.69 Å². The smallest absolute Gasteiger partial charge is 0.274 e. The van der Waals surface area contributed by atoms with Crippen molar-refractivity contribution in [3.63, 3.8) is 0 Å². The average Bonchev–Trinajstić information content (AvgIpc) is 3.44. The monoisotopic (exact) mass is 362 g/mol. The summed E-state index contributed by atoms with van der Waals surface area (Å²) in [4.78, 5) is 19.0. The molecule has 2 heterocycles. The Hall–Kier alpha value is -3.22. The molecule has 2 aromatic heterocycles. The van der Waals surface area contributed by atoms with Gasteiger partial charge in [0.1, 0.15) is 5.82 Å². The molecule has 27 heavy (non-hydrogen) atoms. The molecule has 138 valence electrons. The Balaban J connectivity index is 1.51. The van der Waals surface area contributed by atoms with Gasteiger partial charge in [-0.3, -0.25) is 4.79 Å². The zero-order chi connectivity index (χ0) is 18.8. The van der Waals surface area contributed by atoms with Gasteiger partial charge in [0, 0.05) is 32.8 Å². The van der Waals surface area contributed by atoms with Crippen molar-refractivity contribution in [3.05, 3.63) is 65.6 Å². The van der Waals surface area contributed by atoms with Crippen molar-refractivity contribution in [1.29, 1.82) is 0 Å². The third kappa shape index (κ3) is 3.67. The maximum Gasteiger partial charge on any atom is 0.274 e. The molecule has 1 fully saturated rings. The van der Waals surface area contributed by atoms with Crippen molar-refractivity contribution in [2.45, 2.75) is 25.3 Å². The summed E-state index contributed by atoms with van der Waals surface area (Å²) in [5.74, 6) is 1.03. The lowest BCUT2D eigenvalue weighted by Crippen LogP contribution is -2.24. The van der Waals surface area contributed by atoms with E-state index in [1.807, 2.05) is 61.5 Å². The van der Waals surface area contributed by atoms with Crippen LogP contribution in [0, 0.1) is 0 Å². The van der Waals surface area contributed by atoms with Crippen LogP contribution in [0.1, 0.15) is 40.5 Å². The summed E-state index contributed by atoms with van der Waals surface area (Å²) >= 11 is 0. The minimum absolute atomic E-state index is 0.198. The Morgan fingerprint density at radius 3 is 2.59 bits per heavy atom. The van der Waals surface area contributed by atoms with E-state index in [1.54, 1.807) is 10.9 Å². The molecule has 7 nitrogen and oxygen atoms in total. The lowest BCUT2D eigenvalue weighted by atomic mass is 10.2. The molecule has 1 N–H and O–H groups in total. The Labute approximate surface area is 158 Å². The van der Waals surface area contributed by atoms with Crippen molar-refractivity contribution in [2.75, 3.05) is 19.0 Å². The van der Waals surface area contributed by atoms with E-state index in [0.29, 0.717) is 18.2 Å². The SMILES string of the molecule is CN(C)c1ccc(CNC(=O)c2nnn(-c3ccccc3)c2C2CC2)cn1. The third-order valence-corrected chi connectivity index (χ3v) is 4.61. The molecular weight excluding hydrogens is 340 g/mol. The fourth-order valence-corrected chi connectivity index (χ4v) is 2.99. The predicted octanol–water partition coefficient (Wildman–Crippen LogP) is 2.54. The number of pyridine rings is 1. The lowest BCUT2D eigenvalue weighted by molar-refractivity contribution is 0.0944. The van der Waals surface area contributed by atoms with Crippen molar-refractivity contribution < 1.29 is 4.79 Å². The fraction of sp³-hybridized carbons (Fsp3) is 0.300. The second-order valence-corrected chi connectivity index (χ2v) is 6.95. The Morgan fingerprint density at radius 2 is 1.96 bits per heavy atom. The van der Waals surface area contributed by atoms with E-state index < -0.39 is 0 Å². The van der Waals surface area contributed by atoms with Crippen molar-refractivity contribution in [1.82, 2.24) is 25.3 Å². The quantitative estimate of drug-likeness (QED) is 0.729. The van der Waals surface area contributed by atoms with Crippen LogP contribution < -0.4 is 10.2 Å². The highest BCUT2D eigenvalue weighted by Crippen LogP contribution is 2.41. The van der Waals surface area contributed by atoms with Crippen molar-refractivity contribution in [3.8, 4) is 5.69 Å². The van der Waals surface area contributed by atoms with Gasteiger partial charge < -0.3 is 10.2 Å². The maximum absolute atomic E-state index is 12.7. The van der Waals surface area contributed by atoms with Gasteiger partial charge in [0.2, 0.25) is 0 Å². The number of carbonyl (C=O) groups excluding carboxylic acids is 1. The zero-order valence-electron chi connectivity index (χ0n) is 15.5. The fourth-order valence-electron chi connectivity index (χ4n) is 2.99. The summed E-state index contributed by atoms with van der Waals surface area (Å²) in [5.41, 5.74) is 3.19. The molecule has 3 aromatic rings. The molecule has 0 spiro atoms. The third-order valence-electron chi connectivity index (χ3n) is 4.61. The molecule has 1 amide bonds. The second-order valence-electron chi connectivity index (χ2n) is 6.95. The second kappa shape index (κ2) is 7.19. The molecular formula is C20H22N6O. The van der Waals surface area contributed by atoms with Crippen molar-refractivity contribution in [2.24, 2.45) is 0 Å². The normalized spacial score (nSPS) is 13.4. The van der Waals surface area contributed by atoms with E-state index in [2.05, 4.69) is 20.6 Å². The molecule has 0 aliphatic heterocycles. The maximum atomic E-state index is 12.7. The molecule has 0 atom stereocenters. The first-order valence-corrected chi connectivity index (χ1v) is 9.05. The van der Waals surface area contributed by atoms with Crippen molar-refractivity contribution >= 4 is 11.7 Å². The van der Waals surface area contributed by atoms with Gasteiger partial charge in [-0.25, -0.2) is 9.67 Å². The highest BCUT2D eigenvalue weighted by molar-refractivity contribution is 5.93. The van der Waals surface area contributed by atoms with E-state index >= 15 is 0 Å². The minimum Gasteiger partial charge on any atom is -0.363 e. The number of hydrogen-bond acceptors (Lipinski definition) is 5. The zero-order valence-corrected chi connectivity index (χ0v) is 15.5. The van der Waals surface area contributed by atoms with Gasteiger partial charge in [-0.05, 0) is 36.6 Å². The Morgan fingerprint density at radius 1 is 1.19 bits per heavy atom. The molecule has 1 aromatic carbocycles. The van der Waals surface area contributed by atoms with Crippen LogP contribution in [-0.2, 0) is 6.54 Å². The van der Waals surface area contributed by atoms with E-state index in [0.717, 1.165) is 35.6 Å². The van der Waals surface area contributed by atoms with Crippen LogP contribution in [0.3, 0.4) is 0 Å². The molecule has 4 rings (SSSR count). The average molecular weight is 362 g/mol. The topological polar surface area (TPSA) is 75.9 Å². The number of carbonyl (C=O) groups is 1. The molecule has 0 saturated heterocycles. The lowest BCUT2D eigenvalue weighted by Gasteiger charge is -2.11. The number of benzene rings is 1. The number of rotatable bonds is 6. The number of hydrogen-bond donors (Lipinski definition) is 1. The number of aromatic nitrogens is 4. The summed E-state index contributed by atoms with van der Waals surface area (Å²) in [7, 11) is 3.89. The van der Waals surface area contributed by atoms with Gasteiger partial charge in [-0.2, -0.15) is 0 Å². The Kier molecular flexibility index (Phi) is 4.58. The Bertz CT molecular complexity index is 929. The van der Waals surface area contributed by atoms with E-state index in [9.17, 15) is 4.79 Å². The molecule has 0 radical (unpaired) electrons. The molecule has 1 aliphatic carbocycles. The van der Waals surface area contributed by atoms with E-state index in [-0.39, 0.29) is 5.91 Å². The van der Waals surface area contributed by atoms with Gasteiger partial charge in [-0.15, -0.1) is 5.10 Å². The van der Waals surface area contributed by atoms with Crippen LogP contribution in [0.5, 0.6) is 0 Å². The predicted molar refractivity (Wildman–Crippen MR) is 103 cm³/mol. The van der Waals surface area contributed by atoms with Crippen LogP contribution in [-0.4, -0.2) is 40.0 Å². The van der Waals surface area contributed by atoms with E-state index in [1.165, 1.54) is 0 Å². The first-order valence-electron chi connectivity index (χ1n) is 9.05. The van der Waals surface area contributed by atoms with Gasteiger partial charge >= 0.3 is 0 Å². The van der Waals surface area contributed by atoms with Crippen LogP contribution in [0.2, 0.25) is 0 Å². The van der Waals surface area contributed by atoms with E-state index in [4.69, 9.17) is 0 Å². The number of anilines is 1. The first kappa shape index (κ1) is 17.2. The summed E-state index contributed by atoms with van der Waals surface area (Å²) in [6, 6.07) is 13.7. The number of para-hydroxylation sites is 1. The number of nitrogens with zero attached hydrogens (tertiary/aromatic N) is 5. The molecule has 1 saturated carbocycles. The molecule has 0 unspecified atom stereocenters. The van der Waals surface area contributed by atoms with Crippen LogP contribution in [0.15, 0.2) is 48.7 Å². The first-order chi connectivity index (χ1) is 13.1. The summed E-state index contributed by atoms with van der Waals surface area (Å²) in [6.07, 6.45) is 3.91. The summed E-state index contributed by atoms with van der Waals surface area (Å²) in [5, 5.41) is 11.4. The summed E-state index contributed by atoms with van der Waals surface area (Å²) in [6.45, 7) is 0.405. The summed E-state index contributed by atoms with van der Waals surface area (Å²) < 4.78 is 1.79. The largest absolute Gasteiger partial charge is 0.363 e. The highest BCUT2D eigenvalue weighted by Gasteiger charge is 2.34. The number of amides is 1. The molecule has 0 bridgehead atoms. The van der Waals surface area contributed by atoms with Gasteiger partial charge in [0.25, 0.3) is 5.91 Å².